The fraction of sp³-hybridized carbons (Fsp3) is 0.440. The fourth-order valence-corrected chi connectivity index (χ4v) is 5.13. The van der Waals surface area contributed by atoms with Gasteiger partial charge in [0, 0.05) is 41.1 Å². The third-order valence-electron chi connectivity index (χ3n) is 6.80. The lowest BCUT2D eigenvalue weighted by Gasteiger charge is -2.32. The largest absolute Gasteiger partial charge is 0.354 e. The van der Waals surface area contributed by atoms with E-state index in [1.807, 2.05) is 19.4 Å². The Morgan fingerprint density at radius 2 is 2.00 bits per heavy atom. The van der Waals surface area contributed by atoms with E-state index in [1.165, 1.54) is 53.7 Å². The Morgan fingerprint density at radius 1 is 1.16 bits per heavy atom. The van der Waals surface area contributed by atoms with Crippen LogP contribution in [0.4, 0.5) is 0 Å². The second-order valence-corrected chi connectivity index (χ2v) is 9.08. The van der Waals surface area contributed by atoms with Crippen LogP contribution in [0.5, 0.6) is 0 Å². The van der Waals surface area contributed by atoms with Gasteiger partial charge in [-0.25, -0.2) is 4.98 Å². The quantitative estimate of drug-likeness (QED) is 0.429. The highest BCUT2D eigenvalue weighted by Gasteiger charge is 2.23. The van der Waals surface area contributed by atoms with Crippen molar-refractivity contribution in [2.45, 2.75) is 38.5 Å². The van der Waals surface area contributed by atoms with Crippen molar-refractivity contribution in [3.63, 3.8) is 0 Å². The molecule has 0 bridgehead atoms. The molecule has 1 fully saturated rings. The van der Waals surface area contributed by atoms with Crippen molar-refractivity contribution < 1.29 is 0 Å². The van der Waals surface area contributed by atoms with Gasteiger partial charge in [-0.2, -0.15) is 5.10 Å². The third kappa shape index (κ3) is 3.75. The summed E-state index contributed by atoms with van der Waals surface area (Å²) in [5.41, 5.74) is 7.27. The van der Waals surface area contributed by atoms with E-state index in [9.17, 15) is 0 Å². The normalized spacial score (nSPS) is 16.1. The Morgan fingerprint density at radius 3 is 2.77 bits per heavy atom. The fourth-order valence-electron chi connectivity index (χ4n) is 5.13. The van der Waals surface area contributed by atoms with E-state index in [2.05, 4.69) is 68.5 Å². The summed E-state index contributed by atoms with van der Waals surface area (Å²) in [6.45, 7) is 9.17. The lowest BCUT2D eigenvalue weighted by Crippen LogP contribution is -2.37. The number of rotatable bonds is 6. The van der Waals surface area contributed by atoms with Crippen LogP contribution in [0.25, 0.3) is 33.2 Å². The van der Waals surface area contributed by atoms with Crippen molar-refractivity contribution in [3.05, 3.63) is 47.8 Å². The number of hydrogen-bond donors (Lipinski definition) is 3. The first kappa shape index (κ1) is 20.2. The third-order valence-corrected chi connectivity index (χ3v) is 6.80. The number of aromatic nitrogens is 4. The number of benzene rings is 1. The van der Waals surface area contributed by atoms with Crippen molar-refractivity contribution >= 4 is 21.9 Å². The molecule has 1 aliphatic rings. The molecule has 0 spiro atoms. The Labute approximate surface area is 183 Å². The van der Waals surface area contributed by atoms with Crippen LogP contribution in [0.3, 0.4) is 0 Å². The molecular weight excluding hydrogens is 384 g/mol. The number of H-pyrrole nitrogens is 2. The number of aromatic amines is 2. The van der Waals surface area contributed by atoms with E-state index in [0.29, 0.717) is 11.8 Å². The molecule has 162 valence electrons. The van der Waals surface area contributed by atoms with E-state index < -0.39 is 0 Å². The van der Waals surface area contributed by atoms with Crippen LogP contribution in [-0.2, 0) is 0 Å². The van der Waals surface area contributed by atoms with Gasteiger partial charge < -0.3 is 15.2 Å². The summed E-state index contributed by atoms with van der Waals surface area (Å²) < 4.78 is 0. The molecule has 1 aliphatic heterocycles. The second kappa shape index (κ2) is 8.44. The number of piperidine rings is 1. The van der Waals surface area contributed by atoms with Gasteiger partial charge in [-0.15, -0.1) is 0 Å². The average Bonchev–Trinajstić information content (AvgIpc) is 3.42. The topological polar surface area (TPSA) is 72.6 Å². The average molecular weight is 417 g/mol. The van der Waals surface area contributed by atoms with Crippen LogP contribution in [0.15, 0.2) is 36.7 Å². The lowest BCUT2D eigenvalue weighted by molar-refractivity contribution is 0.214. The molecule has 1 saturated heterocycles. The van der Waals surface area contributed by atoms with Crippen LogP contribution in [0.1, 0.15) is 49.7 Å². The number of nitrogens with one attached hydrogen (secondary N) is 3. The van der Waals surface area contributed by atoms with Crippen LogP contribution >= 0.6 is 0 Å². The van der Waals surface area contributed by atoms with Gasteiger partial charge in [-0.1, -0.05) is 19.9 Å². The van der Waals surface area contributed by atoms with Gasteiger partial charge in [-0.05, 0) is 74.1 Å². The highest BCUT2D eigenvalue weighted by Crippen LogP contribution is 2.39. The first-order valence-corrected chi connectivity index (χ1v) is 11.5. The highest BCUT2D eigenvalue weighted by molar-refractivity contribution is 5.98. The predicted molar refractivity (Wildman–Crippen MR) is 128 cm³/mol. The van der Waals surface area contributed by atoms with Gasteiger partial charge in [0.2, 0.25) is 0 Å². The standard InChI is InChI=1S/C25H32N6/c1-16(2)23-20-14-18(17-7-11-31(12-8-17)13-10-26-3)4-5-22(20)29-24(23)19-6-9-27-25-21(19)15-28-30-25/h4-6,9,14-17,26,29H,7-8,10-13H2,1-3H3,(H,27,28,30). The van der Waals surface area contributed by atoms with Crippen molar-refractivity contribution in [1.29, 1.82) is 0 Å². The minimum absolute atomic E-state index is 0.414. The minimum atomic E-state index is 0.414. The molecule has 31 heavy (non-hydrogen) atoms. The molecule has 0 radical (unpaired) electrons. The Balaban J connectivity index is 1.51. The molecule has 4 aromatic rings. The zero-order valence-corrected chi connectivity index (χ0v) is 18.7. The maximum absolute atomic E-state index is 4.42. The molecule has 0 amide bonds. The molecule has 3 aromatic heterocycles. The zero-order chi connectivity index (χ0) is 21.4. The molecule has 0 unspecified atom stereocenters. The summed E-state index contributed by atoms with van der Waals surface area (Å²) in [6, 6.07) is 9.16. The number of likely N-dealkylation sites (N-methyl/N-ethyl adjacent to an activating group) is 1. The van der Waals surface area contributed by atoms with Crippen LogP contribution < -0.4 is 5.32 Å². The van der Waals surface area contributed by atoms with Crippen molar-refractivity contribution in [3.8, 4) is 11.3 Å². The molecule has 5 rings (SSSR count). The number of nitrogens with zero attached hydrogens (tertiary/aromatic N) is 3. The molecule has 1 aromatic carbocycles. The predicted octanol–water partition coefficient (Wildman–Crippen LogP) is 4.63. The van der Waals surface area contributed by atoms with E-state index in [1.54, 1.807) is 0 Å². The lowest BCUT2D eigenvalue weighted by atomic mass is 9.87. The van der Waals surface area contributed by atoms with E-state index in [0.717, 1.165) is 29.7 Å². The van der Waals surface area contributed by atoms with Crippen molar-refractivity contribution in [2.75, 3.05) is 33.2 Å². The molecule has 0 atom stereocenters. The Bertz CT molecular complexity index is 1180. The van der Waals surface area contributed by atoms with Crippen molar-refractivity contribution in [1.82, 2.24) is 30.4 Å². The first-order chi connectivity index (χ1) is 15.2. The van der Waals surface area contributed by atoms with Gasteiger partial charge >= 0.3 is 0 Å². The number of hydrogen-bond acceptors (Lipinski definition) is 4. The summed E-state index contributed by atoms with van der Waals surface area (Å²) >= 11 is 0. The second-order valence-electron chi connectivity index (χ2n) is 9.08. The summed E-state index contributed by atoms with van der Waals surface area (Å²) in [7, 11) is 2.03. The number of fused-ring (bicyclic) bond motifs is 2. The molecular formula is C25H32N6. The smallest absolute Gasteiger partial charge is 0.155 e. The maximum atomic E-state index is 4.42. The molecule has 4 heterocycles. The van der Waals surface area contributed by atoms with Crippen LogP contribution in [-0.4, -0.2) is 58.3 Å². The summed E-state index contributed by atoms with van der Waals surface area (Å²) in [6.07, 6.45) is 6.21. The Hall–Kier alpha value is -2.70. The van der Waals surface area contributed by atoms with Gasteiger partial charge in [-0.3, -0.25) is 5.10 Å². The number of pyridine rings is 1. The van der Waals surface area contributed by atoms with Gasteiger partial charge in [0.1, 0.15) is 0 Å². The van der Waals surface area contributed by atoms with E-state index >= 15 is 0 Å². The van der Waals surface area contributed by atoms with Crippen molar-refractivity contribution in [2.24, 2.45) is 0 Å². The van der Waals surface area contributed by atoms with Gasteiger partial charge in [0.15, 0.2) is 5.65 Å². The summed E-state index contributed by atoms with van der Waals surface area (Å²) in [5.74, 6) is 1.06. The van der Waals surface area contributed by atoms with Crippen LogP contribution in [0.2, 0.25) is 0 Å². The minimum Gasteiger partial charge on any atom is -0.354 e. The number of likely N-dealkylation sites (tertiary alicyclic amines) is 1. The van der Waals surface area contributed by atoms with E-state index in [-0.39, 0.29) is 0 Å². The Kier molecular flexibility index (Phi) is 5.50. The molecule has 6 nitrogen and oxygen atoms in total. The summed E-state index contributed by atoms with van der Waals surface area (Å²) in [4.78, 5) is 10.7. The first-order valence-electron chi connectivity index (χ1n) is 11.5. The molecule has 0 saturated carbocycles. The SMILES string of the molecule is CNCCN1CCC(c2ccc3[nH]c(-c4ccnc5[nH]ncc45)c(C(C)C)c3c2)CC1. The zero-order valence-electron chi connectivity index (χ0n) is 18.7. The highest BCUT2D eigenvalue weighted by atomic mass is 15.1. The summed E-state index contributed by atoms with van der Waals surface area (Å²) in [5, 5.41) is 12.9. The molecule has 3 N–H and O–H groups in total. The van der Waals surface area contributed by atoms with Crippen LogP contribution in [0, 0.1) is 0 Å². The maximum Gasteiger partial charge on any atom is 0.155 e. The molecule has 6 heteroatoms. The monoisotopic (exact) mass is 416 g/mol. The molecule has 0 aliphatic carbocycles. The van der Waals surface area contributed by atoms with Gasteiger partial charge in [0.05, 0.1) is 11.9 Å². The van der Waals surface area contributed by atoms with Gasteiger partial charge in [0.25, 0.3) is 0 Å². The van der Waals surface area contributed by atoms with E-state index in [4.69, 9.17) is 0 Å².